The van der Waals surface area contributed by atoms with Gasteiger partial charge in [-0.15, -0.1) is 0 Å². The van der Waals surface area contributed by atoms with Gasteiger partial charge in [-0.3, -0.25) is 9.78 Å². The van der Waals surface area contributed by atoms with Gasteiger partial charge in [0.05, 0.1) is 19.0 Å². The summed E-state index contributed by atoms with van der Waals surface area (Å²) >= 11 is 0. The maximum atomic E-state index is 12.2. The molecule has 106 valence electrons. The maximum absolute atomic E-state index is 12.2. The molecule has 1 aromatic rings. The molecule has 0 fully saturated rings. The predicted octanol–water partition coefficient (Wildman–Crippen LogP) is 2.07. The Balaban J connectivity index is 2.84. The highest BCUT2D eigenvalue weighted by Crippen LogP contribution is 2.24. The Labute approximate surface area is 115 Å². The van der Waals surface area contributed by atoms with E-state index in [0.717, 1.165) is 11.4 Å². The molecule has 0 spiro atoms. The van der Waals surface area contributed by atoms with E-state index in [-0.39, 0.29) is 11.9 Å². The van der Waals surface area contributed by atoms with Crippen molar-refractivity contribution >= 4 is 11.6 Å². The van der Waals surface area contributed by atoms with Crippen molar-refractivity contribution in [2.24, 2.45) is 0 Å². The van der Waals surface area contributed by atoms with E-state index in [1.165, 1.54) is 0 Å². The molecule has 1 N–H and O–H groups in total. The zero-order valence-corrected chi connectivity index (χ0v) is 12.4. The SMILES string of the molecule is CCN(CC)C(=O)C(C)Nc1cc(C)ncc1OC. The third-order valence-electron chi connectivity index (χ3n) is 3.04. The van der Waals surface area contributed by atoms with Crippen LogP contribution >= 0.6 is 0 Å². The van der Waals surface area contributed by atoms with Crippen molar-refractivity contribution in [1.29, 1.82) is 0 Å². The van der Waals surface area contributed by atoms with Crippen LogP contribution in [-0.4, -0.2) is 42.0 Å². The summed E-state index contributed by atoms with van der Waals surface area (Å²) in [5.41, 5.74) is 1.67. The van der Waals surface area contributed by atoms with E-state index in [4.69, 9.17) is 4.74 Å². The summed E-state index contributed by atoms with van der Waals surface area (Å²) in [5.74, 6) is 0.728. The third kappa shape index (κ3) is 3.84. The molecule has 1 amide bonds. The van der Waals surface area contributed by atoms with Crippen molar-refractivity contribution in [3.63, 3.8) is 0 Å². The number of hydrogen-bond acceptors (Lipinski definition) is 4. The highest BCUT2D eigenvalue weighted by molar-refractivity contribution is 5.84. The number of rotatable bonds is 6. The highest BCUT2D eigenvalue weighted by Gasteiger charge is 2.19. The van der Waals surface area contributed by atoms with Crippen LogP contribution in [0.25, 0.3) is 0 Å². The molecule has 0 bridgehead atoms. The van der Waals surface area contributed by atoms with Gasteiger partial charge in [-0.25, -0.2) is 0 Å². The van der Waals surface area contributed by atoms with E-state index in [9.17, 15) is 4.79 Å². The van der Waals surface area contributed by atoms with Gasteiger partial charge in [-0.05, 0) is 33.8 Å². The number of nitrogens with one attached hydrogen (secondary N) is 1. The van der Waals surface area contributed by atoms with Gasteiger partial charge in [-0.1, -0.05) is 0 Å². The van der Waals surface area contributed by atoms with Crippen LogP contribution in [0, 0.1) is 6.92 Å². The van der Waals surface area contributed by atoms with Gasteiger partial charge >= 0.3 is 0 Å². The van der Waals surface area contributed by atoms with Crippen LogP contribution in [-0.2, 0) is 4.79 Å². The lowest BCUT2D eigenvalue weighted by atomic mass is 10.2. The van der Waals surface area contributed by atoms with Gasteiger partial charge in [0.25, 0.3) is 0 Å². The molecule has 1 atom stereocenters. The normalized spacial score (nSPS) is 11.8. The quantitative estimate of drug-likeness (QED) is 0.855. The number of hydrogen-bond donors (Lipinski definition) is 1. The summed E-state index contributed by atoms with van der Waals surface area (Å²) in [6.07, 6.45) is 1.66. The summed E-state index contributed by atoms with van der Waals surface area (Å²) < 4.78 is 5.24. The lowest BCUT2D eigenvalue weighted by Crippen LogP contribution is -2.41. The molecule has 0 radical (unpaired) electrons. The smallest absolute Gasteiger partial charge is 0.244 e. The van der Waals surface area contributed by atoms with Crippen LogP contribution in [0.15, 0.2) is 12.3 Å². The Bertz CT molecular complexity index is 431. The fourth-order valence-electron chi connectivity index (χ4n) is 1.93. The molecule has 0 aliphatic carbocycles. The Morgan fingerprint density at radius 2 is 2.11 bits per heavy atom. The molecule has 5 nitrogen and oxygen atoms in total. The van der Waals surface area contributed by atoms with Crippen LogP contribution in [0.4, 0.5) is 5.69 Å². The zero-order valence-electron chi connectivity index (χ0n) is 12.4. The second-order valence-corrected chi connectivity index (χ2v) is 4.40. The van der Waals surface area contributed by atoms with Crippen molar-refractivity contribution in [3.05, 3.63) is 18.0 Å². The number of aryl methyl sites for hydroxylation is 1. The number of nitrogens with zero attached hydrogens (tertiary/aromatic N) is 2. The standard InChI is InChI=1S/C14H23N3O2/c1-6-17(7-2)14(18)11(4)16-12-8-10(3)15-9-13(12)19-5/h8-9,11H,6-7H2,1-5H3,(H,15,16). The minimum Gasteiger partial charge on any atom is -0.493 e. The van der Waals surface area contributed by atoms with Crippen molar-refractivity contribution < 1.29 is 9.53 Å². The van der Waals surface area contributed by atoms with E-state index < -0.39 is 0 Å². The van der Waals surface area contributed by atoms with Gasteiger partial charge in [0.15, 0.2) is 5.75 Å². The first-order valence-electron chi connectivity index (χ1n) is 6.59. The first kappa shape index (κ1) is 15.3. The van der Waals surface area contributed by atoms with Crippen LogP contribution in [0.3, 0.4) is 0 Å². The summed E-state index contributed by atoms with van der Waals surface area (Å²) in [4.78, 5) is 18.2. The fourth-order valence-corrected chi connectivity index (χ4v) is 1.93. The Morgan fingerprint density at radius 3 is 2.63 bits per heavy atom. The van der Waals surface area contributed by atoms with Crippen LogP contribution in [0.1, 0.15) is 26.5 Å². The number of aromatic nitrogens is 1. The highest BCUT2D eigenvalue weighted by atomic mass is 16.5. The number of amides is 1. The lowest BCUT2D eigenvalue weighted by molar-refractivity contribution is -0.131. The molecule has 19 heavy (non-hydrogen) atoms. The van der Waals surface area contributed by atoms with E-state index >= 15 is 0 Å². The van der Waals surface area contributed by atoms with Gasteiger partial charge in [0.1, 0.15) is 6.04 Å². The molecule has 0 saturated carbocycles. The largest absolute Gasteiger partial charge is 0.493 e. The molecule has 0 aliphatic rings. The number of likely N-dealkylation sites (N-methyl/N-ethyl adjacent to an activating group) is 1. The van der Waals surface area contributed by atoms with Crippen LogP contribution in [0.5, 0.6) is 5.75 Å². The van der Waals surface area contributed by atoms with Crippen molar-refractivity contribution in [2.45, 2.75) is 33.7 Å². The zero-order chi connectivity index (χ0) is 14.4. The Hall–Kier alpha value is -1.78. The maximum Gasteiger partial charge on any atom is 0.244 e. The Morgan fingerprint density at radius 1 is 1.47 bits per heavy atom. The van der Waals surface area contributed by atoms with E-state index in [1.54, 1.807) is 18.2 Å². The van der Waals surface area contributed by atoms with Gasteiger partial charge in [0.2, 0.25) is 5.91 Å². The number of pyridine rings is 1. The molecule has 0 saturated heterocycles. The molecular formula is C14H23N3O2. The van der Waals surface area contributed by atoms with E-state index in [2.05, 4.69) is 10.3 Å². The first-order valence-corrected chi connectivity index (χ1v) is 6.59. The average Bonchev–Trinajstić information content (AvgIpc) is 2.40. The molecule has 0 aliphatic heterocycles. The second kappa shape index (κ2) is 6.97. The summed E-state index contributed by atoms with van der Waals surface area (Å²) in [6.45, 7) is 9.15. The van der Waals surface area contributed by atoms with Crippen molar-refractivity contribution in [2.75, 3.05) is 25.5 Å². The van der Waals surface area contributed by atoms with Gasteiger partial charge in [-0.2, -0.15) is 0 Å². The summed E-state index contributed by atoms with van der Waals surface area (Å²) in [7, 11) is 1.59. The monoisotopic (exact) mass is 265 g/mol. The van der Waals surface area contributed by atoms with E-state index in [1.807, 2.05) is 33.8 Å². The molecular weight excluding hydrogens is 242 g/mol. The number of ether oxygens (including phenoxy) is 1. The summed E-state index contributed by atoms with van der Waals surface area (Å²) in [6, 6.07) is 1.58. The minimum absolute atomic E-state index is 0.0847. The average molecular weight is 265 g/mol. The van der Waals surface area contributed by atoms with Crippen molar-refractivity contribution in [1.82, 2.24) is 9.88 Å². The number of methoxy groups -OCH3 is 1. The molecule has 1 rings (SSSR count). The second-order valence-electron chi connectivity index (χ2n) is 4.40. The summed E-state index contributed by atoms with van der Waals surface area (Å²) in [5, 5.41) is 3.19. The molecule has 1 unspecified atom stereocenters. The minimum atomic E-state index is -0.296. The molecule has 1 heterocycles. The number of anilines is 1. The predicted molar refractivity (Wildman–Crippen MR) is 76.5 cm³/mol. The van der Waals surface area contributed by atoms with Gasteiger partial charge < -0.3 is 15.0 Å². The lowest BCUT2D eigenvalue weighted by Gasteiger charge is -2.24. The molecule has 0 aromatic carbocycles. The fraction of sp³-hybridized carbons (Fsp3) is 0.571. The van der Waals surface area contributed by atoms with Crippen LogP contribution in [0.2, 0.25) is 0 Å². The third-order valence-corrected chi connectivity index (χ3v) is 3.04. The van der Waals surface area contributed by atoms with Crippen LogP contribution < -0.4 is 10.1 Å². The topological polar surface area (TPSA) is 54.5 Å². The number of carbonyl (C=O) groups is 1. The Kier molecular flexibility index (Phi) is 5.60. The van der Waals surface area contributed by atoms with E-state index in [0.29, 0.717) is 18.8 Å². The molecule has 1 aromatic heterocycles. The van der Waals surface area contributed by atoms with Gasteiger partial charge in [0, 0.05) is 18.8 Å². The molecule has 5 heteroatoms. The first-order chi connectivity index (χ1) is 9.03. The van der Waals surface area contributed by atoms with Crippen molar-refractivity contribution in [3.8, 4) is 5.75 Å². The number of carbonyl (C=O) groups excluding carboxylic acids is 1.